The van der Waals surface area contributed by atoms with E-state index >= 15 is 0 Å². The van der Waals surface area contributed by atoms with Crippen molar-refractivity contribution in [2.24, 2.45) is 0 Å². The summed E-state index contributed by atoms with van der Waals surface area (Å²) in [5.41, 5.74) is 3.42. The fourth-order valence-corrected chi connectivity index (χ4v) is 4.04. The maximum Gasteiger partial charge on any atom is 0.349 e. The first-order chi connectivity index (χ1) is 12.7. The SMILES string of the molecule is CCOC(=O)c1cnc(-c2ccc3[nH]c(C4CCOC4)c(C#N)c3c2)s1. The number of carbonyl (C=O) groups is 1. The molecule has 1 fully saturated rings. The van der Waals surface area contributed by atoms with E-state index in [1.807, 2.05) is 18.2 Å². The summed E-state index contributed by atoms with van der Waals surface area (Å²) in [5.74, 6) is -0.129. The zero-order valence-electron chi connectivity index (χ0n) is 14.2. The highest BCUT2D eigenvalue weighted by molar-refractivity contribution is 7.16. The van der Waals surface area contributed by atoms with Crippen LogP contribution in [0.2, 0.25) is 0 Å². The van der Waals surface area contributed by atoms with Crippen LogP contribution in [0.3, 0.4) is 0 Å². The predicted molar refractivity (Wildman–Crippen MR) is 98.3 cm³/mol. The lowest BCUT2D eigenvalue weighted by molar-refractivity contribution is 0.0532. The van der Waals surface area contributed by atoms with Crippen LogP contribution in [0.4, 0.5) is 0 Å². The average molecular weight is 367 g/mol. The van der Waals surface area contributed by atoms with E-state index < -0.39 is 0 Å². The van der Waals surface area contributed by atoms with Crippen molar-refractivity contribution in [2.45, 2.75) is 19.3 Å². The number of fused-ring (bicyclic) bond motifs is 1. The predicted octanol–water partition coefficient (Wildman–Crippen LogP) is 3.84. The van der Waals surface area contributed by atoms with Crippen molar-refractivity contribution >= 4 is 28.2 Å². The number of nitrogens with one attached hydrogen (secondary N) is 1. The van der Waals surface area contributed by atoms with Gasteiger partial charge < -0.3 is 14.5 Å². The third-order valence-corrected chi connectivity index (χ3v) is 5.53. The van der Waals surface area contributed by atoms with Crippen molar-refractivity contribution in [1.82, 2.24) is 9.97 Å². The number of nitrogens with zero attached hydrogens (tertiary/aromatic N) is 2. The number of benzene rings is 1. The molecule has 1 aromatic carbocycles. The molecule has 0 amide bonds. The lowest BCUT2D eigenvalue weighted by atomic mass is 10.00. The molecule has 0 saturated carbocycles. The number of H-pyrrole nitrogens is 1. The third-order valence-electron chi connectivity index (χ3n) is 4.51. The van der Waals surface area contributed by atoms with Crippen LogP contribution in [0.5, 0.6) is 0 Å². The molecule has 4 rings (SSSR count). The van der Waals surface area contributed by atoms with Gasteiger partial charge in [-0.1, -0.05) is 0 Å². The molecule has 1 unspecified atom stereocenters. The van der Waals surface area contributed by atoms with Crippen LogP contribution in [0.1, 0.15) is 40.2 Å². The van der Waals surface area contributed by atoms with Gasteiger partial charge in [-0.3, -0.25) is 0 Å². The van der Waals surface area contributed by atoms with Gasteiger partial charge in [-0.15, -0.1) is 11.3 Å². The number of carbonyl (C=O) groups excluding carboxylic acids is 1. The number of thiazole rings is 1. The van der Waals surface area contributed by atoms with Crippen LogP contribution >= 0.6 is 11.3 Å². The molecule has 6 nitrogen and oxygen atoms in total. The highest BCUT2D eigenvalue weighted by Crippen LogP contribution is 2.35. The Balaban J connectivity index is 1.73. The Morgan fingerprint density at radius 3 is 3.15 bits per heavy atom. The maximum absolute atomic E-state index is 11.8. The van der Waals surface area contributed by atoms with Gasteiger partial charge >= 0.3 is 5.97 Å². The molecule has 0 bridgehead atoms. The molecular weight excluding hydrogens is 350 g/mol. The summed E-state index contributed by atoms with van der Waals surface area (Å²) in [4.78, 5) is 20.0. The summed E-state index contributed by atoms with van der Waals surface area (Å²) in [7, 11) is 0. The summed E-state index contributed by atoms with van der Waals surface area (Å²) < 4.78 is 10.5. The summed E-state index contributed by atoms with van der Waals surface area (Å²) in [6, 6.07) is 8.19. The topological polar surface area (TPSA) is 88.0 Å². The van der Waals surface area contributed by atoms with Crippen LogP contribution in [0.25, 0.3) is 21.5 Å². The number of aromatic amines is 1. The van der Waals surface area contributed by atoms with Crippen LogP contribution in [0.15, 0.2) is 24.4 Å². The molecule has 7 heteroatoms. The van der Waals surface area contributed by atoms with Gasteiger partial charge in [-0.25, -0.2) is 9.78 Å². The lowest BCUT2D eigenvalue weighted by Crippen LogP contribution is -2.01. The molecule has 3 aromatic rings. The number of ether oxygens (including phenoxy) is 2. The molecule has 2 aromatic heterocycles. The number of hydrogen-bond acceptors (Lipinski definition) is 6. The smallest absolute Gasteiger partial charge is 0.349 e. The maximum atomic E-state index is 11.8. The van der Waals surface area contributed by atoms with E-state index in [-0.39, 0.29) is 11.9 Å². The number of nitriles is 1. The van der Waals surface area contributed by atoms with Crippen LogP contribution in [-0.2, 0) is 9.47 Å². The van der Waals surface area contributed by atoms with Crippen molar-refractivity contribution in [3.05, 3.63) is 40.5 Å². The highest BCUT2D eigenvalue weighted by Gasteiger charge is 2.24. The summed E-state index contributed by atoms with van der Waals surface area (Å²) in [5, 5.41) is 11.3. The van der Waals surface area contributed by atoms with Gasteiger partial charge in [0.25, 0.3) is 0 Å². The van der Waals surface area contributed by atoms with Crippen LogP contribution in [0, 0.1) is 11.3 Å². The largest absolute Gasteiger partial charge is 0.462 e. The van der Waals surface area contributed by atoms with E-state index in [0.717, 1.165) is 40.2 Å². The molecule has 0 radical (unpaired) electrons. The van der Waals surface area contributed by atoms with Gasteiger partial charge in [0.2, 0.25) is 0 Å². The minimum absolute atomic E-state index is 0.232. The standard InChI is InChI=1S/C19H17N3O3S/c1-2-25-19(23)16-9-21-18(26-16)11-3-4-15-13(7-11)14(8-20)17(22-15)12-5-6-24-10-12/h3-4,7,9,12,22H,2,5-6,10H2,1H3. The number of esters is 1. The first-order valence-corrected chi connectivity index (χ1v) is 9.29. The zero-order chi connectivity index (χ0) is 18.1. The van der Waals surface area contributed by atoms with Crippen molar-refractivity contribution in [1.29, 1.82) is 5.26 Å². The Morgan fingerprint density at radius 2 is 2.42 bits per heavy atom. The van der Waals surface area contributed by atoms with Gasteiger partial charge in [0.05, 0.1) is 25.0 Å². The van der Waals surface area contributed by atoms with E-state index in [1.54, 1.807) is 6.92 Å². The fourth-order valence-electron chi connectivity index (χ4n) is 3.24. The van der Waals surface area contributed by atoms with Crippen molar-refractivity contribution in [3.63, 3.8) is 0 Å². The van der Waals surface area contributed by atoms with Gasteiger partial charge in [0.15, 0.2) is 0 Å². The molecular formula is C19H17N3O3S. The summed E-state index contributed by atoms with van der Waals surface area (Å²) >= 11 is 1.29. The van der Waals surface area contributed by atoms with E-state index in [0.29, 0.717) is 23.7 Å². The Hall–Kier alpha value is -2.69. The van der Waals surface area contributed by atoms with Crippen molar-refractivity contribution in [3.8, 4) is 16.6 Å². The Bertz CT molecular complexity index is 1010. The molecule has 1 N–H and O–H groups in total. The number of aromatic nitrogens is 2. The minimum atomic E-state index is -0.361. The summed E-state index contributed by atoms with van der Waals surface area (Å²) in [6.45, 7) is 3.48. The average Bonchev–Trinajstić information content (AvgIpc) is 3.39. The van der Waals surface area contributed by atoms with E-state index in [2.05, 4.69) is 16.0 Å². The summed E-state index contributed by atoms with van der Waals surface area (Å²) in [6.07, 6.45) is 2.45. The molecule has 1 aliphatic rings. The molecule has 1 saturated heterocycles. The number of rotatable bonds is 4. The monoisotopic (exact) mass is 367 g/mol. The highest BCUT2D eigenvalue weighted by atomic mass is 32.1. The Labute approximate surface area is 154 Å². The Morgan fingerprint density at radius 1 is 1.54 bits per heavy atom. The minimum Gasteiger partial charge on any atom is -0.462 e. The molecule has 0 aliphatic carbocycles. The second kappa shape index (κ2) is 6.90. The molecule has 132 valence electrons. The molecule has 3 heterocycles. The van der Waals surface area contributed by atoms with Crippen molar-refractivity contribution in [2.75, 3.05) is 19.8 Å². The molecule has 1 atom stereocenters. The van der Waals surface area contributed by atoms with Gasteiger partial charge in [0.1, 0.15) is 16.0 Å². The van der Waals surface area contributed by atoms with Gasteiger partial charge in [-0.05, 0) is 31.5 Å². The van der Waals surface area contributed by atoms with E-state index in [9.17, 15) is 10.1 Å². The van der Waals surface area contributed by atoms with Crippen molar-refractivity contribution < 1.29 is 14.3 Å². The third kappa shape index (κ3) is 2.87. The first kappa shape index (κ1) is 16.8. The second-order valence-electron chi connectivity index (χ2n) is 6.10. The molecule has 1 aliphatic heterocycles. The quantitative estimate of drug-likeness (QED) is 0.708. The fraction of sp³-hybridized carbons (Fsp3) is 0.316. The molecule has 26 heavy (non-hydrogen) atoms. The Kier molecular flexibility index (Phi) is 4.45. The zero-order valence-corrected chi connectivity index (χ0v) is 15.1. The normalized spacial score (nSPS) is 16.7. The van der Waals surface area contributed by atoms with E-state index in [4.69, 9.17) is 9.47 Å². The molecule has 0 spiro atoms. The number of hydrogen-bond donors (Lipinski definition) is 1. The van der Waals surface area contributed by atoms with Gasteiger partial charge in [0, 0.05) is 34.7 Å². The second-order valence-corrected chi connectivity index (χ2v) is 7.13. The van der Waals surface area contributed by atoms with Gasteiger partial charge in [-0.2, -0.15) is 5.26 Å². The lowest BCUT2D eigenvalue weighted by Gasteiger charge is -2.04. The van der Waals surface area contributed by atoms with E-state index in [1.165, 1.54) is 17.5 Å². The van der Waals surface area contributed by atoms with Crippen LogP contribution < -0.4 is 0 Å². The van der Waals surface area contributed by atoms with Crippen LogP contribution in [-0.4, -0.2) is 35.8 Å². The first-order valence-electron chi connectivity index (χ1n) is 8.48.